The van der Waals surface area contributed by atoms with Gasteiger partial charge in [0.1, 0.15) is 22.1 Å². The topological polar surface area (TPSA) is 143 Å². The van der Waals surface area contributed by atoms with Gasteiger partial charge in [-0.05, 0) is 98.2 Å². The number of ether oxygens (including phenoxy) is 3. The van der Waals surface area contributed by atoms with Gasteiger partial charge < -0.3 is 14.2 Å². The molecule has 1 heterocycles. The summed E-state index contributed by atoms with van der Waals surface area (Å²) >= 11 is 1.98. The molecule has 15 heteroatoms. The minimum absolute atomic E-state index is 0.0662. The summed E-state index contributed by atoms with van der Waals surface area (Å²) in [4.78, 5) is -0.763. The molecule has 0 aliphatic heterocycles. The molecular formula is C32H32IN5O7S2. The summed E-state index contributed by atoms with van der Waals surface area (Å²) in [7, 11) is -3.96. The van der Waals surface area contributed by atoms with Crippen LogP contribution in [-0.4, -0.2) is 68.9 Å². The number of sulfonamides is 1. The minimum atomic E-state index is -4.56. The lowest BCUT2D eigenvalue weighted by Gasteiger charge is -2.26. The first-order valence-electron chi connectivity index (χ1n) is 14.1. The van der Waals surface area contributed by atoms with Crippen LogP contribution in [0.15, 0.2) is 94.7 Å². The number of rotatable bonds is 13. The van der Waals surface area contributed by atoms with Gasteiger partial charge >= 0.3 is 0 Å². The van der Waals surface area contributed by atoms with Crippen molar-refractivity contribution in [3.8, 4) is 28.6 Å². The maximum absolute atomic E-state index is 15.0. The Hall–Kier alpha value is -4.06. The lowest BCUT2D eigenvalue weighted by molar-refractivity contribution is 0.396. The van der Waals surface area contributed by atoms with Gasteiger partial charge in [-0.1, -0.05) is 36.4 Å². The molecule has 12 nitrogen and oxygen atoms in total. The maximum Gasteiger partial charge on any atom is 0.245 e. The van der Waals surface area contributed by atoms with E-state index in [1.807, 2.05) is 34.7 Å². The van der Waals surface area contributed by atoms with Gasteiger partial charge in [-0.25, -0.2) is 21.5 Å². The zero-order valence-corrected chi connectivity index (χ0v) is 29.8. The molecule has 0 atom stereocenters. The first kappa shape index (κ1) is 34.3. The molecule has 1 aromatic heterocycles. The fourth-order valence-corrected chi connectivity index (χ4v) is 8.99. The molecule has 0 saturated carbocycles. The number of methoxy groups -OCH3 is 3. The second kappa shape index (κ2) is 14.4. The predicted octanol–water partition coefficient (Wildman–Crippen LogP) is 4.81. The smallest absolute Gasteiger partial charge is 0.245 e. The molecule has 0 fully saturated rings. The number of benzene rings is 4. The van der Waals surface area contributed by atoms with Crippen molar-refractivity contribution in [2.45, 2.75) is 29.4 Å². The average molecular weight is 790 g/mol. The molecule has 4 aromatic carbocycles. The van der Waals surface area contributed by atoms with Gasteiger partial charge in [-0.2, -0.15) is 4.31 Å². The van der Waals surface area contributed by atoms with Crippen LogP contribution in [-0.2, 0) is 39.5 Å². The first-order valence-corrected chi connectivity index (χ1v) is 18.5. The van der Waals surface area contributed by atoms with E-state index in [0.717, 1.165) is 11.8 Å². The van der Waals surface area contributed by atoms with E-state index in [9.17, 15) is 16.8 Å². The summed E-state index contributed by atoms with van der Waals surface area (Å²) in [6.07, 6.45) is 0.982. The molecule has 5 rings (SSSR count). The van der Waals surface area contributed by atoms with E-state index < -0.39 is 24.8 Å². The fraction of sp³-hybridized carbons (Fsp3) is 0.219. The second-order valence-corrected chi connectivity index (χ2v) is 15.5. The summed E-state index contributed by atoms with van der Waals surface area (Å²) in [5.74, 6) is 1.99. The molecule has 0 aliphatic rings. The number of nitrogens with zero attached hydrogens (tertiary/aromatic N) is 5. The number of halogens is 1. The fourth-order valence-electron chi connectivity index (χ4n) is 4.91. The van der Waals surface area contributed by atoms with Gasteiger partial charge in [-0.3, -0.25) is 0 Å². The van der Waals surface area contributed by atoms with E-state index in [1.165, 1.54) is 15.1 Å². The van der Waals surface area contributed by atoms with Crippen molar-refractivity contribution < 1.29 is 31.0 Å². The molecule has 0 bridgehead atoms. The first-order chi connectivity index (χ1) is 22.4. The average Bonchev–Trinajstić information content (AvgIpc) is 3.52. The van der Waals surface area contributed by atoms with E-state index in [-0.39, 0.29) is 35.9 Å². The summed E-state index contributed by atoms with van der Waals surface area (Å²) in [5, 5.41) is 12.2. The van der Waals surface area contributed by atoms with Gasteiger partial charge in [0.2, 0.25) is 10.0 Å². The van der Waals surface area contributed by atoms with Crippen LogP contribution in [0.2, 0.25) is 0 Å². The SMILES string of the molecule is COc1ccc(CN(Cc2ccc(OC)cc2)S(=O)(=O)c2c(S(C)(=O)=O)ccc(I)c2-c2nnnn2Cc2ccc(OC)cc2)cc1. The summed E-state index contributed by atoms with van der Waals surface area (Å²) in [5.41, 5.74) is 2.24. The van der Waals surface area contributed by atoms with E-state index in [4.69, 9.17) is 14.2 Å². The highest BCUT2D eigenvalue weighted by Gasteiger charge is 2.36. The monoisotopic (exact) mass is 789 g/mol. The van der Waals surface area contributed by atoms with Crippen molar-refractivity contribution in [2.24, 2.45) is 0 Å². The van der Waals surface area contributed by atoms with E-state index >= 15 is 0 Å². The molecule has 246 valence electrons. The zero-order chi connectivity index (χ0) is 33.8. The van der Waals surface area contributed by atoms with Crippen LogP contribution in [0.1, 0.15) is 16.7 Å². The zero-order valence-electron chi connectivity index (χ0n) is 26.0. The van der Waals surface area contributed by atoms with Gasteiger partial charge in [-0.15, -0.1) is 5.10 Å². The number of sulfone groups is 1. The van der Waals surface area contributed by atoms with Crippen LogP contribution in [0.3, 0.4) is 0 Å². The molecule has 5 aromatic rings. The van der Waals surface area contributed by atoms with E-state index in [2.05, 4.69) is 15.5 Å². The molecule has 0 spiro atoms. The highest BCUT2D eigenvalue weighted by atomic mass is 127. The number of hydrogen-bond acceptors (Lipinski definition) is 10. The Bertz CT molecular complexity index is 2020. The molecule has 0 radical (unpaired) electrons. The van der Waals surface area contributed by atoms with Gasteiger partial charge in [0, 0.05) is 22.9 Å². The maximum atomic E-state index is 15.0. The Morgan fingerprint density at radius 1 is 0.702 bits per heavy atom. The molecular weight excluding hydrogens is 757 g/mol. The summed E-state index contributed by atoms with van der Waals surface area (Å²) < 4.78 is 75.4. The summed E-state index contributed by atoms with van der Waals surface area (Å²) in [6.45, 7) is 0.0545. The number of hydrogen-bond donors (Lipinski definition) is 0. The Balaban J connectivity index is 1.68. The molecule has 0 N–H and O–H groups in total. The highest BCUT2D eigenvalue weighted by molar-refractivity contribution is 14.1. The van der Waals surface area contributed by atoms with Crippen molar-refractivity contribution in [2.75, 3.05) is 27.6 Å². The number of tetrazole rings is 1. The van der Waals surface area contributed by atoms with Crippen LogP contribution in [0.5, 0.6) is 17.2 Å². The van der Waals surface area contributed by atoms with Crippen molar-refractivity contribution in [3.63, 3.8) is 0 Å². The van der Waals surface area contributed by atoms with Crippen molar-refractivity contribution in [1.82, 2.24) is 24.5 Å². The lowest BCUT2D eigenvalue weighted by atomic mass is 10.2. The second-order valence-electron chi connectivity index (χ2n) is 10.5. The van der Waals surface area contributed by atoms with Crippen LogP contribution in [0.25, 0.3) is 11.4 Å². The van der Waals surface area contributed by atoms with Gasteiger partial charge in [0.25, 0.3) is 0 Å². The Morgan fingerprint density at radius 2 is 1.17 bits per heavy atom. The third-order valence-electron chi connectivity index (χ3n) is 7.35. The number of aromatic nitrogens is 4. The largest absolute Gasteiger partial charge is 0.497 e. The summed E-state index contributed by atoms with van der Waals surface area (Å²) in [6, 6.07) is 24.1. The quantitative estimate of drug-likeness (QED) is 0.153. The minimum Gasteiger partial charge on any atom is -0.497 e. The third-order valence-corrected chi connectivity index (χ3v) is 11.4. The van der Waals surface area contributed by atoms with Gasteiger partial charge in [0.15, 0.2) is 15.7 Å². The normalized spacial score (nSPS) is 11.9. The third kappa shape index (κ3) is 7.75. The van der Waals surface area contributed by atoms with Crippen molar-refractivity contribution in [3.05, 3.63) is 105 Å². The lowest BCUT2D eigenvalue weighted by Crippen LogP contribution is -2.32. The molecule has 0 saturated heterocycles. The van der Waals surface area contributed by atoms with Crippen molar-refractivity contribution >= 4 is 42.5 Å². The molecule has 0 unspecified atom stereocenters. The predicted molar refractivity (Wildman–Crippen MR) is 184 cm³/mol. The van der Waals surface area contributed by atoms with E-state index in [0.29, 0.717) is 31.9 Å². The Kier molecular flexibility index (Phi) is 10.5. The van der Waals surface area contributed by atoms with Crippen LogP contribution in [0, 0.1) is 3.57 Å². The standard InChI is InChI=1S/C32H32IN5O7S2/c1-43-25-11-5-22(6-12-25)19-37(20-23-7-13-26(44-2)14-8-23)47(41,42)31-29(46(4,39)40)18-17-28(33)30(31)32-34-35-36-38(32)21-24-9-15-27(45-3)16-10-24/h5-18H,19-21H2,1-4H3. The van der Waals surface area contributed by atoms with Crippen LogP contribution in [0.4, 0.5) is 0 Å². The highest BCUT2D eigenvalue weighted by Crippen LogP contribution is 2.38. The van der Waals surface area contributed by atoms with E-state index in [1.54, 1.807) is 88.1 Å². The molecule has 47 heavy (non-hydrogen) atoms. The van der Waals surface area contributed by atoms with Crippen LogP contribution >= 0.6 is 22.6 Å². The molecule has 0 aliphatic carbocycles. The van der Waals surface area contributed by atoms with Crippen LogP contribution < -0.4 is 14.2 Å². The molecule has 0 amide bonds. The van der Waals surface area contributed by atoms with Gasteiger partial charge in [0.05, 0.1) is 38.3 Å². The Morgan fingerprint density at radius 3 is 1.62 bits per heavy atom. The Labute approximate surface area is 287 Å². The van der Waals surface area contributed by atoms with Crippen molar-refractivity contribution in [1.29, 1.82) is 0 Å².